The smallest absolute Gasteiger partial charge is 0.310 e. The van der Waals surface area contributed by atoms with E-state index in [2.05, 4.69) is 18.4 Å². The molecule has 2 rings (SSSR count). The van der Waals surface area contributed by atoms with E-state index in [0.29, 0.717) is 12.3 Å². The number of carbonyl (C=O) groups is 1. The number of aryl methyl sites for hydroxylation is 1. The van der Waals surface area contributed by atoms with Crippen molar-refractivity contribution in [1.29, 1.82) is 0 Å². The second-order valence-corrected chi connectivity index (χ2v) is 9.43. The van der Waals surface area contributed by atoms with E-state index < -0.39 is 0 Å². The molecule has 1 aliphatic heterocycles. The molecule has 2 unspecified atom stereocenters. The maximum atomic E-state index is 12.0. The summed E-state index contributed by atoms with van der Waals surface area (Å²) >= 11 is 0. The molecular weight excluding hydrogens is 398 g/mol. The third-order valence-corrected chi connectivity index (χ3v) is 6.52. The normalized spacial score (nSPS) is 17.9. The average Bonchev–Trinajstić information content (AvgIpc) is 3.29. The van der Waals surface area contributed by atoms with Crippen molar-refractivity contribution in [3.8, 4) is 0 Å². The minimum absolute atomic E-state index is 0.162. The number of esters is 1. The molecule has 32 heavy (non-hydrogen) atoms. The van der Waals surface area contributed by atoms with Crippen molar-refractivity contribution in [1.82, 2.24) is 0 Å². The zero-order chi connectivity index (χ0) is 22.9. The number of pyridine rings is 1. The van der Waals surface area contributed by atoms with Gasteiger partial charge in [0.25, 0.3) is 0 Å². The predicted molar refractivity (Wildman–Crippen MR) is 130 cm³/mol. The number of hydrogen-bond donors (Lipinski definition) is 0. The average molecular weight is 445 g/mol. The largest absolute Gasteiger partial charge is 0.491 e. The fourth-order valence-electron chi connectivity index (χ4n) is 4.38. The van der Waals surface area contributed by atoms with Gasteiger partial charge in [-0.25, -0.2) is 4.57 Å². The molecule has 0 N–H and O–H groups in total. The second-order valence-electron chi connectivity index (χ2n) is 9.43. The van der Waals surface area contributed by atoms with Crippen molar-refractivity contribution in [2.24, 2.45) is 5.92 Å². The number of carbonyl (C=O) groups excluding carboxylic acids is 1. The lowest BCUT2D eigenvalue weighted by Gasteiger charge is -2.18. The Morgan fingerprint density at radius 3 is 2.44 bits per heavy atom. The fraction of sp³-hybridized carbons (Fsp3) is 0.714. The van der Waals surface area contributed by atoms with Gasteiger partial charge in [0.1, 0.15) is 24.7 Å². The lowest BCUT2D eigenvalue weighted by atomic mass is 9.95. The van der Waals surface area contributed by atoms with Gasteiger partial charge in [0.05, 0.1) is 0 Å². The summed E-state index contributed by atoms with van der Waals surface area (Å²) in [6.45, 7) is 5.50. The van der Waals surface area contributed by atoms with Gasteiger partial charge in [-0.1, -0.05) is 77.7 Å². The molecule has 2 heterocycles. The molecule has 0 spiro atoms. The Morgan fingerprint density at radius 2 is 1.72 bits per heavy atom. The molecule has 0 bridgehead atoms. The molecule has 4 nitrogen and oxygen atoms in total. The minimum atomic E-state index is -0.162. The van der Waals surface area contributed by atoms with Crippen molar-refractivity contribution in [3.05, 3.63) is 42.6 Å². The maximum Gasteiger partial charge on any atom is 0.310 e. The summed E-state index contributed by atoms with van der Waals surface area (Å²) in [6, 6.07) is 6.05. The molecule has 1 aromatic rings. The van der Waals surface area contributed by atoms with Crippen LogP contribution in [0.2, 0.25) is 0 Å². The monoisotopic (exact) mass is 444 g/mol. The second kappa shape index (κ2) is 16.7. The van der Waals surface area contributed by atoms with Crippen LogP contribution in [0.15, 0.2) is 42.6 Å². The molecule has 1 aromatic heterocycles. The number of unbranched alkanes of at least 4 members (excludes halogenated alkanes) is 9. The first-order valence-corrected chi connectivity index (χ1v) is 13.2. The Morgan fingerprint density at radius 1 is 1.03 bits per heavy atom. The fourth-order valence-corrected chi connectivity index (χ4v) is 4.38. The lowest BCUT2D eigenvalue weighted by Crippen LogP contribution is -2.32. The molecule has 0 amide bonds. The van der Waals surface area contributed by atoms with Crippen LogP contribution in [0, 0.1) is 5.92 Å². The first-order chi connectivity index (χ1) is 15.7. The van der Waals surface area contributed by atoms with Gasteiger partial charge in [0.2, 0.25) is 0 Å². The van der Waals surface area contributed by atoms with Gasteiger partial charge in [-0.15, -0.1) is 0 Å². The molecule has 0 radical (unpaired) electrons. The molecule has 180 valence electrons. The number of allylic oxidation sites excluding steroid dienone is 1. The summed E-state index contributed by atoms with van der Waals surface area (Å²) in [7, 11) is 0. The Hall–Kier alpha value is -1.84. The van der Waals surface area contributed by atoms with Crippen LogP contribution in [-0.4, -0.2) is 12.1 Å². The highest BCUT2D eigenvalue weighted by molar-refractivity contribution is 5.69. The topological polar surface area (TPSA) is 39.4 Å². The van der Waals surface area contributed by atoms with Gasteiger partial charge >= 0.3 is 5.97 Å². The van der Waals surface area contributed by atoms with E-state index in [-0.39, 0.29) is 12.1 Å². The molecule has 0 aliphatic carbocycles. The van der Waals surface area contributed by atoms with Gasteiger partial charge in [0.15, 0.2) is 12.4 Å². The van der Waals surface area contributed by atoms with Crippen LogP contribution >= 0.6 is 0 Å². The van der Waals surface area contributed by atoms with Crippen LogP contribution < -0.4 is 4.57 Å². The van der Waals surface area contributed by atoms with E-state index in [1.165, 1.54) is 64.2 Å². The van der Waals surface area contributed by atoms with Crippen molar-refractivity contribution in [3.63, 3.8) is 0 Å². The zero-order valence-corrected chi connectivity index (χ0v) is 20.6. The summed E-state index contributed by atoms with van der Waals surface area (Å²) < 4.78 is 13.5. The number of nitrogens with zero attached hydrogens (tertiary/aromatic N) is 1. The van der Waals surface area contributed by atoms with Crippen molar-refractivity contribution >= 4 is 5.97 Å². The highest BCUT2D eigenvalue weighted by atomic mass is 16.5. The van der Waals surface area contributed by atoms with Crippen molar-refractivity contribution in [2.45, 2.75) is 123 Å². The van der Waals surface area contributed by atoms with E-state index in [1.54, 1.807) is 6.26 Å². The van der Waals surface area contributed by atoms with E-state index in [4.69, 9.17) is 9.47 Å². The number of hydrogen-bond acceptors (Lipinski definition) is 3. The van der Waals surface area contributed by atoms with E-state index in [0.717, 1.165) is 38.0 Å². The highest BCUT2D eigenvalue weighted by Crippen LogP contribution is 2.30. The highest BCUT2D eigenvalue weighted by Gasteiger charge is 2.26. The van der Waals surface area contributed by atoms with E-state index >= 15 is 0 Å². The van der Waals surface area contributed by atoms with Gasteiger partial charge in [-0.05, 0) is 25.2 Å². The summed E-state index contributed by atoms with van der Waals surface area (Å²) in [6.07, 6.45) is 23.7. The van der Waals surface area contributed by atoms with Crippen LogP contribution in [0.1, 0.15) is 110 Å². The standard InChI is InChI=1S/C28H46NO3/c1-3-4-5-6-7-8-9-10-12-17-25(2)27-20-19-26(32-27)24-31-28(30)18-13-16-23-29-21-14-11-15-22-29/h11,14-15,21-22,24-25,27H,3-10,12-13,16-20,23H2,1-2H3/q+1. The molecule has 1 fully saturated rings. The minimum Gasteiger partial charge on any atom is -0.491 e. The molecule has 2 atom stereocenters. The van der Waals surface area contributed by atoms with Crippen LogP contribution in [0.5, 0.6) is 0 Å². The third-order valence-electron chi connectivity index (χ3n) is 6.52. The van der Waals surface area contributed by atoms with E-state index in [1.807, 2.05) is 30.6 Å². The van der Waals surface area contributed by atoms with Gasteiger partial charge in [0, 0.05) is 31.4 Å². The molecule has 0 aromatic carbocycles. The Bertz CT molecular complexity index is 643. The van der Waals surface area contributed by atoms with Gasteiger partial charge < -0.3 is 9.47 Å². The molecule has 1 saturated heterocycles. The Labute approximate surface area is 196 Å². The first-order valence-electron chi connectivity index (χ1n) is 13.2. The summed E-state index contributed by atoms with van der Waals surface area (Å²) in [5.41, 5.74) is 0. The Kier molecular flexibility index (Phi) is 13.8. The predicted octanol–water partition coefficient (Wildman–Crippen LogP) is 7.27. The summed E-state index contributed by atoms with van der Waals surface area (Å²) in [5.74, 6) is 1.24. The third kappa shape index (κ3) is 11.7. The van der Waals surface area contributed by atoms with Gasteiger partial charge in [-0.2, -0.15) is 0 Å². The molecular formula is C28H46NO3+. The van der Waals surface area contributed by atoms with E-state index in [9.17, 15) is 4.79 Å². The lowest BCUT2D eigenvalue weighted by molar-refractivity contribution is -0.697. The van der Waals surface area contributed by atoms with Crippen LogP contribution in [-0.2, 0) is 20.8 Å². The summed E-state index contributed by atoms with van der Waals surface area (Å²) in [4.78, 5) is 12.0. The number of rotatable bonds is 17. The quantitative estimate of drug-likeness (QED) is 0.110. The van der Waals surface area contributed by atoms with Crippen molar-refractivity contribution in [2.75, 3.05) is 0 Å². The number of aromatic nitrogens is 1. The Balaban J connectivity index is 1.49. The molecule has 4 heteroatoms. The van der Waals surface area contributed by atoms with Crippen molar-refractivity contribution < 1.29 is 18.8 Å². The number of ether oxygens (including phenoxy) is 2. The maximum absolute atomic E-state index is 12.0. The SMILES string of the molecule is CCCCCCCCCCCC(C)C1CCC(=COC(=O)CCCC[n+]2ccccc2)O1. The first kappa shape index (κ1) is 26.4. The zero-order valence-electron chi connectivity index (χ0n) is 20.6. The van der Waals surface area contributed by atoms with Crippen LogP contribution in [0.3, 0.4) is 0 Å². The van der Waals surface area contributed by atoms with Gasteiger partial charge in [-0.3, -0.25) is 4.79 Å². The van der Waals surface area contributed by atoms with Crippen LogP contribution in [0.25, 0.3) is 0 Å². The molecule has 0 saturated carbocycles. The summed E-state index contributed by atoms with van der Waals surface area (Å²) in [5, 5.41) is 0. The van der Waals surface area contributed by atoms with Crippen LogP contribution in [0.4, 0.5) is 0 Å². The molecule has 1 aliphatic rings.